The molecule has 1 fully saturated rings. The lowest BCUT2D eigenvalue weighted by atomic mass is 10.0. The molecule has 2 N–H and O–H groups in total. The topological polar surface area (TPSA) is 80.5 Å². The van der Waals surface area contributed by atoms with Gasteiger partial charge in [0, 0.05) is 26.0 Å². The number of nitrogens with one attached hydrogen (secondary N) is 2. The van der Waals surface area contributed by atoms with Crippen molar-refractivity contribution in [2.75, 3.05) is 35.7 Å². The van der Waals surface area contributed by atoms with E-state index in [1.54, 1.807) is 24.1 Å². The average Bonchev–Trinajstić information content (AvgIpc) is 3.08. The minimum atomic E-state index is 0.551. The second kappa shape index (κ2) is 6.75. The van der Waals surface area contributed by atoms with Gasteiger partial charge in [-0.15, -0.1) is 0 Å². The Kier molecular flexibility index (Phi) is 4.54. The highest BCUT2D eigenvalue weighted by atomic mass is 32.2. The lowest BCUT2D eigenvalue weighted by Crippen LogP contribution is -2.21. The van der Waals surface area contributed by atoms with E-state index in [9.17, 15) is 0 Å². The van der Waals surface area contributed by atoms with Crippen LogP contribution in [0.15, 0.2) is 18.7 Å². The van der Waals surface area contributed by atoms with Crippen molar-refractivity contribution in [2.45, 2.75) is 12.8 Å². The lowest BCUT2D eigenvalue weighted by molar-refractivity contribution is 0.514. The number of hydrogen-bond acceptors (Lipinski definition) is 7. The third-order valence-corrected chi connectivity index (χ3v) is 4.52. The summed E-state index contributed by atoms with van der Waals surface area (Å²) in [5, 5.41) is 6.31. The Morgan fingerprint density at radius 1 is 1.24 bits per heavy atom. The van der Waals surface area contributed by atoms with E-state index in [0.29, 0.717) is 23.8 Å². The zero-order valence-electron chi connectivity index (χ0n) is 12.0. The SMILES string of the molecule is CNc1nc(NCC2CCSCC2)nc(-n2ccnc2)n1. The van der Waals surface area contributed by atoms with Crippen molar-refractivity contribution in [1.82, 2.24) is 24.5 Å². The molecule has 2 aromatic rings. The Balaban J connectivity index is 1.73. The number of aromatic nitrogens is 5. The molecule has 3 heterocycles. The molecule has 7 nitrogen and oxygen atoms in total. The molecule has 1 aliphatic rings. The normalized spacial score (nSPS) is 15.9. The maximum Gasteiger partial charge on any atom is 0.241 e. The van der Waals surface area contributed by atoms with E-state index in [0.717, 1.165) is 6.54 Å². The molecule has 112 valence electrons. The van der Waals surface area contributed by atoms with Crippen LogP contribution in [-0.4, -0.2) is 49.6 Å². The summed E-state index contributed by atoms with van der Waals surface area (Å²) in [6, 6.07) is 0. The Morgan fingerprint density at radius 3 is 2.76 bits per heavy atom. The molecule has 0 aromatic carbocycles. The number of anilines is 2. The van der Waals surface area contributed by atoms with Gasteiger partial charge < -0.3 is 10.6 Å². The summed E-state index contributed by atoms with van der Waals surface area (Å²) in [6.45, 7) is 0.914. The molecule has 3 rings (SSSR count). The van der Waals surface area contributed by atoms with Crippen LogP contribution in [0.5, 0.6) is 0 Å². The maximum absolute atomic E-state index is 4.45. The fraction of sp³-hybridized carbons (Fsp3) is 0.538. The van der Waals surface area contributed by atoms with Crippen LogP contribution in [0.25, 0.3) is 5.95 Å². The largest absolute Gasteiger partial charge is 0.357 e. The molecule has 0 saturated carbocycles. The van der Waals surface area contributed by atoms with Gasteiger partial charge in [-0.25, -0.2) is 4.98 Å². The molecule has 8 heteroatoms. The third kappa shape index (κ3) is 3.63. The highest BCUT2D eigenvalue weighted by Crippen LogP contribution is 2.22. The molecule has 0 amide bonds. The fourth-order valence-corrected chi connectivity index (χ4v) is 3.44. The second-order valence-electron chi connectivity index (χ2n) is 4.94. The highest BCUT2D eigenvalue weighted by molar-refractivity contribution is 7.99. The molecular formula is C13H19N7S. The molecule has 1 aliphatic heterocycles. The lowest BCUT2D eigenvalue weighted by Gasteiger charge is -2.21. The number of nitrogens with zero attached hydrogens (tertiary/aromatic N) is 5. The zero-order valence-corrected chi connectivity index (χ0v) is 12.8. The first kappa shape index (κ1) is 14.1. The van der Waals surface area contributed by atoms with E-state index in [2.05, 4.69) is 30.6 Å². The summed E-state index contributed by atoms with van der Waals surface area (Å²) in [5.74, 6) is 4.94. The highest BCUT2D eigenvalue weighted by Gasteiger charge is 2.14. The molecule has 0 radical (unpaired) electrons. The molecule has 0 unspecified atom stereocenters. The van der Waals surface area contributed by atoms with Gasteiger partial charge in [0.15, 0.2) is 0 Å². The first-order valence-corrected chi connectivity index (χ1v) is 8.24. The number of hydrogen-bond donors (Lipinski definition) is 2. The average molecular weight is 305 g/mol. The minimum absolute atomic E-state index is 0.551. The van der Waals surface area contributed by atoms with Crippen molar-refractivity contribution < 1.29 is 0 Å². The molecule has 0 bridgehead atoms. The smallest absolute Gasteiger partial charge is 0.241 e. The van der Waals surface area contributed by atoms with Gasteiger partial charge in [-0.2, -0.15) is 26.7 Å². The van der Waals surface area contributed by atoms with E-state index < -0.39 is 0 Å². The predicted molar refractivity (Wildman–Crippen MR) is 85.0 cm³/mol. The van der Waals surface area contributed by atoms with Crippen LogP contribution < -0.4 is 10.6 Å². The Labute approximate surface area is 128 Å². The number of thioether (sulfide) groups is 1. The standard InChI is InChI=1S/C13H19N7S/c1-14-11-17-12(16-8-10-2-6-21-7-3-10)19-13(18-11)20-5-4-15-9-20/h4-5,9-10H,2-3,6-8H2,1H3,(H2,14,16,17,18,19). The third-order valence-electron chi connectivity index (χ3n) is 3.47. The number of rotatable bonds is 5. The van der Waals surface area contributed by atoms with Crippen molar-refractivity contribution >= 4 is 23.7 Å². The monoisotopic (exact) mass is 305 g/mol. The summed E-state index contributed by atoms with van der Waals surface area (Å²) in [5.41, 5.74) is 0. The van der Waals surface area contributed by atoms with Gasteiger partial charge in [-0.3, -0.25) is 4.57 Å². The fourth-order valence-electron chi connectivity index (χ4n) is 2.23. The molecule has 21 heavy (non-hydrogen) atoms. The van der Waals surface area contributed by atoms with Crippen LogP contribution in [0.4, 0.5) is 11.9 Å². The first-order valence-electron chi connectivity index (χ1n) is 7.09. The van der Waals surface area contributed by atoms with Crippen molar-refractivity contribution in [3.63, 3.8) is 0 Å². The molecule has 2 aromatic heterocycles. The van der Waals surface area contributed by atoms with Gasteiger partial charge in [-0.1, -0.05) is 0 Å². The van der Waals surface area contributed by atoms with Gasteiger partial charge in [0.05, 0.1) is 0 Å². The molecule has 0 atom stereocenters. The van der Waals surface area contributed by atoms with E-state index >= 15 is 0 Å². The number of imidazole rings is 1. The summed E-state index contributed by atoms with van der Waals surface area (Å²) < 4.78 is 1.77. The predicted octanol–water partition coefficient (Wildman–Crippen LogP) is 1.65. The van der Waals surface area contributed by atoms with Crippen LogP contribution >= 0.6 is 11.8 Å². The van der Waals surface area contributed by atoms with Gasteiger partial charge in [-0.05, 0) is 30.3 Å². The van der Waals surface area contributed by atoms with Crippen LogP contribution in [-0.2, 0) is 0 Å². The molecule has 0 spiro atoms. The Bertz CT molecular complexity index is 566. The Hall–Kier alpha value is -1.83. The van der Waals surface area contributed by atoms with Crippen LogP contribution in [0.3, 0.4) is 0 Å². The summed E-state index contributed by atoms with van der Waals surface area (Å²) in [7, 11) is 1.80. The van der Waals surface area contributed by atoms with Crippen molar-refractivity contribution in [3.8, 4) is 5.95 Å². The van der Waals surface area contributed by atoms with Gasteiger partial charge in [0.2, 0.25) is 17.8 Å². The first-order chi connectivity index (χ1) is 10.3. The molecular weight excluding hydrogens is 286 g/mol. The van der Waals surface area contributed by atoms with Gasteiger partial charge >= 0.3 is 0 Å². The second-order valence-corrected chi connectivity index (χ2v) is 6.16. The molecule has 1 saturated heterocycles. The van der Waals surface area contributed by atoms with Crippen LogP contribution in [0.1, 0.15) is 12.8 Å². The van der Waals surface area contributed by atoms with Crippen LogP contribution in [0, 0.1) is 5.92 Å². The maximum atomic E-state index is 4.45. The Morgan fingerprint density at radius 2 is 2.05 bits per heavy atom. The van der Waals surface area contributed by atoms with Crippen molar-refractivity contribution in [2.24, 2.45) is 5.92 Å². The van der Waals surface area contributed by atoms with Crippen molar-refractivity contribution in [3.05, 3.63) is 18.7 Å². The van der Waals surface area contributed by atoms with E-state index in [1.165, 1.54) is 24.3 Å². The van der Waals surface area contributed by atoms with Gasteiger partial charge in [0.1, 0.15) is 6.33 Å². The van der Waals surface area contributed by atoms with Crippen molar-refractivity contribution in [1.29, 1.82) is 0 Å². The van der Waals surface area contributed by atoms with Gasteiger partial charge in [0.25, 0.3) is 0 Å². The van der Waals surface area contributed by atoms with E-state index in [4.69, 9.17) is 0 Å². The molecule has 0 aliphatic carbocycles. The van der Waals surface area contributed by atoms with Crippen LogP contribution in [0.2, 0.25) is 0 Å². The summed E-state index contributed by atoms with van der Waals surface area (Å²) >= 11 is 2.04. The zero-order chi connectivity index (χ0) is 14.5. The van der Waals surface area contributed by atoms with E-state index in [1.807, 2.05) is 18.0 Å². The summed E-state index contributed by atoms with van der Waals surface area (Å²) in [6.07, 6.45) is 7.72. The van der Waals surface area contributed by atoms with E-state index in [-0.39, 0.29) is 0 Å². The minimum Gasteiger partial charge on any atom is -0.357 e. The quantitative estimate of drug-likeness (QED) is 0.869. The summed E-state index contributed by atoms with van der Waals surface area (Å²) in [4.78, 5) is 17.2.